The predicted molar refractivity (Wildman–Crippen MR) is 511 cm³/mol. The summed E-state index contributed by atoms with van der Waals surface area (Å²) in [6, 6.07) is 35.2. The highest BCUT2D eigenvalue weighted by Gasteiger charge is 2.41. The number of nitrogens with zero attached hydrogens (tertiary/aromatic N) is 7. The Balaban J connectivity index is 0.000000171. The summed E-state index contributed by atoms with van der Waals surface area (Å²) in [5, 5.41) is 25.8. The van der Waals surface area contributed by atoms with E-state index in [0.717, 1.165) is 76.2 Å². The van der Waals surface area contributed by atoms with Crippen LogP contribution in [0.3, 0.4) is 0 Å². The monoisotopic (exact) mass is 1820 g/mol. The molecule has 5 aliphatic rings. The lowest BCUT2D eigenvalue weighted by atomic mass is 9.87. The van der Waals surface area contributed by atoms with E-state index >= 15 is 0 Å². The van der Waals surface area contributed by atoms with Gasteiger partial charge in [-0.1, -0.05) is 89.4 Å². The van der Waals surface area contributed by atoms with Crippen molar-refractivity contribution in [3.8, 4) is 17.2 Å². The standard InChI is InChI=1S/C34H42ClN5O3S.C31H40ClN5O3S.C30H38ClN5O3S/c1-19(2)43-31-17-25(24-15-28(22-10-11-22)37-29(16-24)23-12-13-23)21(5)14-30(31)39-34-36-18-26(35)33(40-34)38-27-8-6-7-9-32(27)44(41,42)20(3)4;1-18(2)40-28-16-24(23-14-21(6)37(8)22(7)15-23)20(5)13-27(28)35-31-33-17-25(32)30(36-31)34-26-11-9-10-12-29(26)41(38,39)19(3)4;1-17(2)39-27-15-23(22-13-20(6)33-21(7)14-22)19(5)12-26(27)35-30-32-16-24(31)29(36-30)34-25-10-8-9-11-28(25)40(37,38)18(3)4/h6-9,14-15,17-20,22-23,28-29,37H,10-13,16H2,1-5H3,(H2,36,38,39,40);9-14,16-19,21-22H,15H2,1-8H3,(H2,33,34,35,36);8-13,15-18,20-21,33H,14H2,1-7H3,(H2,32,34,35,36)/t28-,29+;21-,22-;20-,21-/m111/s1. The van der Waals surface area contributed by atoms with Crippen molar-refractivity contribution in [2.45, 2.75) is 261 Å². The van der Waals surface area contributed by atoms with E-state index in [1.807, 2.05) is 47.6 Å². The minimum absolute atomic E-state index is 0.0331. The van der Waals surface area contributed by atoms with E-state index in [1.165, 1.54) is 72.1 Å². The molecule has 0 spiro atoms. The third kappa shape index (κ3) is 23.5. The maximum absolute atomic E-state index is 13.0. The van der Waals surface area contributed by atoms with Gasteiger partial charge in [-0.2, -0.15) is 15.0 Å². The zero-order chi connectivity index (χ0) is 90.4. The molecular formula is C95H120Cl3N15O9S3. The fourth-order valence-electron chi connectivity index (χ4n) is 15.6. The van der Waals surface area contributed by atoms with Crippen molar-refractivity contribution in [2.75, 3.05) is 38.9 Å². The van der Waals surface area contributed by atoms with E-state index in [9.17, 15) is 25.3 Å². The van der Waals surface area contributed by atoms with Crippen molar-refractivity contribution in [2.24, 2.45) is 11.8 Å². The van der Waals surface area contributed by atoms with Crippen LogP contribution in [0.2, 0.25) is 15.1 Å². The Kier molecular flexibility index (Phi) is 30.5. The number of anilines is 12. The van der Waals surface area contributed by atoms with Crippen molar-refractivity contribution in [3.63, 3.8) is 0 Å². The van der Waals surface area contributed by atoms with E-state index in [-0.39, 0.29) is 59.7 Å². The number of likely N-dealkylation sites (N-methyl/N-ethyl adjacent to an activating group) is 1. The Hall–Kier alpha value is -9.42. The molecular weight excluding hydrogens is 1700 g/mol. The van der Waals surface area contributed by atoms with Crippen LogP contribution in [0, 0.1) is 32.6 Å². The maximum Gasteiger partial charge on any atom is 0.229 e. The molecule has 24 nitrogen and oxygen atoms in total. The van der Waals surface area contributed by atoms with Gasteiger partial charge in [0.1, 0.15) is 32.3 Å². The van der Waals surface area contributed by atoms with E-state index in [1.54, 1.807) is 114 Å². The first-order valence-electron chi connectivity index (χ1n) is 43.1. The minimum atomic E-state index is -3.53. The van der Waals surface area contributed by atoms with Crippen molar-refractivity contribution >= 4 is 150 Å². The van der Waals surface area contributed by atoms with Crippen LogP contribution < -0.4 is 56.7 Å². The van der Waals surface area contributed by atoms with E-state index in [0.29, 0.717) is 88.5 Å². The molecule has 0 bridgehead atoms. The summed E-state index contributed by atoms with van der Waals surface area (Å²) in [5.41, 5.74) is 14.3. The van der Waals surface area contributed by atoms with Gasteiger partial charge in [0.25, 0.3) is 0 Å². The molecule has 2 saturated carbocycles. The highest BCUT2D eigenvalue weighted by atomic mass is 35.5. The lowest BCUT2D eigenvalue weighted by Gasteiger charge is -2.35. The van der Waals surface area contributed by atoms with Gasteiger partial charge < -0.3 is 56.7 Å². The molecule has 6 atom stereocenters. The first-order chi connectivity index (χ1) is 59.1. The molecule has 668 valence electrons. The summed E-state index contributed by atoms with van der Waals surface area (Å²) in [4.78, 5) is 29.9. The van der Waals surface area contributed by atoms with Crippen LogP contribution in [0.1, 0.15) is 189 Å². The van der Waals surface area contributed by atoms with Crippen molar-refractivity contribution < 1.29 is 39.5 Å². The number of nitrogens with one attached hydrogen (secondary N) is 8. The lowest BCUT2D eigenvalue weighted by Crippen LogP contribution is -2.43. The molecule has 30 heteroatoms. The summed E-state index contributed by atoms with van der Waals surface area (Å²) in [6.07, 6.45) is 19.6. The van der Waals surface area contributed by atoms with Gasteiger partial charge >= 0.3 is 0 Å². The fraction of sp³-hybridized carbons (Fsp3) is 0.432. The third-order valence-electron chi connectivity index (χ3n) is 22.6. The SMILES string of the molecule is Cc1cc(Nc2ncc(Cl)c(Nc3ccccc3S(=O)(=O)C(C)C)n2)c(OC(C)C)cc1C1=C[C@@H](C)N(C)[C@H](C)C1.Cc1cc(Nc2ncc(Cl)c(Nc3ccccc3S(=O)(=O)C(C)C)n2)c(OC(C)C)cc1C1=C[C@@H](C)N[C@H](C)C1.Cc1cc(Nc2ncc(Cl)c(Nc3ccccc3S(=O)(=O)C(C)C)n2)c(OC(C)C)cc1C1=C[C@H](C2CC2)N[C@H](C2CC2)C1. The number of aromatic nitrogens is 6. The summed E-state index contributed by atoms with van der Waals surface area (Å²) in [7, 11) is -8.44. The van der Waals surface area contributed by atoms with Crippen LogP contribution in [0.5, 0.6) is 17.2 Å². The Morgan fingerprint density at radius 3 is 1.07 bits per heavy atom. The average Bonchev–Trinajstić information content (AvgIpc) is 1.76. The van der Waals surface area contributed by atoms with Crippen LogP contribution in [-0.2, 0) is 29.5 Å². The number of aryl methyl sites for hydroxylation is 3. The number of hydrogen-bond acceptors (Lipinski definition) is 24. The smallest absolute Gasteiger partial charge is 0.229 e. The number of para-hydroxylation sites is 3. The highest BCUT2D eigenvalue weighted by molar-refractivity contribution is 7.92. The van der Waals surface area contributed by atoms with Crippen molar-refractivity contribution in [1.29, 1.82) is 0 Å². The highest BCUT2D eigenvalue weighted by Crippen LogP contribution is 2.47. The van der Waals surface area contributed by atoms with Gasteiger partial charge in [0, 0.05) is 36.3 Å². The molecule has 0 saturated heterocycles. The van der Waals surface area contributed by atoms with Crippen LogP contribution >= 0.6 is 34.8 Å². The summed E-state index contributed by atoms with van der Waals surface area (Å²) in [5.74, 6) is 5.42. The number of ether oxygens (including phenoxy) is 3. The van der Waals surface area contributed by atoms with Gasteiger partial charge in [0.2, 0.25) is 17.8 Å². The van der Waals surface area contributed by atoms with Crippen molar-refractivity contribution in [3.05, 3.63) is 194 Å². The zero-order valence-corrected chi connectivity index (χ0v) is 79.8. The molecule has 125 heavy (non-hydrogen) atoms. The second kappa shape index (κ2) is 40.3. The van der Waals surface area contributed by atoms with Gasteiger partial charge in [0.05, 0.1) is 101 Å². The van der Waals surface area contributed by atoms with Gasteiger partial charge in [-0.3, -0.25) is 4.90 Å². The lowest BCUT2D eigenvalue weighted by molar-refractivity contribution is 0.220. The third-order valence-corrected chi connectivity index (χ3v) is 30.1. The maximum atomic E-state index is 13.0. The largest absolute Gasteiger partial charge is 0.489 e. The Bertz CT molecular complexity index is 5880. The fourth-order valence-corrected chi connectivity index (χ4v) is 19.6. The van der Waals surface area contributed by atoms with Gasteiger partial charge in [-0.05, 0) is 318 Å². The van der Waals surface area contributed by atoms with Crippen molar-refractivity contribution in [1.82, 2.24) is 45.4 Å². The topological polar surface area (TPSA) is 307 Å². The average molecular weight is 1820 g/mol. The quantitative estimate of drug-likeness (QED) is 0.0216. The number of rotatable bonds is 29. The predicted octanol–water partition coefficient (Wildman–Crippen LogP) is 22.3. The van der Waals surface area contributed by atoms with E-state index < -0.39 is 45.3 Å². The number of sulfone groups is 3. The van der Waals surface area contributed by atoms with Gasteiger partial charge in [-0.25, -0.2) is 40.2 Å². The molecule has 2 aliphatic carbocycles. The number of benzene rings is 6. The Morgan fingerprint density at radius 2 is 0.752 bits per heavy atom. The molecule has 6 heterocycles. The van der Waals surface area contributed by atoms with Crippen LogP contribution in [0.4, 0.5) is 69.4 Å². The summed E-state index contributed by atoms with van der Waals surface area (Å²) in [6.45, 7) is 37.1. The summed E-state index contributed by atoms with van der Waals surface area (Å²) >= 11 is 19.4. The second-order valence-electron chi connectivity index (χ2n) is 35.0. The van der Waals surface area contributed by atoms with Crippen LogP contribution in [0.15, 0.2) is 161 Å². The van der Waals surface area contributed by atoms with E-state index in [2.05, 4.69) is 181 Å². The molecule has 3 aromatic heterocycles. The molecule has 14 rings (SSSR count). The first kappa shape index (κ1) is 94.7. The number of halogens is 3. The van der Waals surface area contributed by atoms with Gasteiger partial charge in [0.15, 0.2) is 47.0 Å². The Morgan fingerprint density at radius 1 is 0.416 bits per heavy atom. The molecule has 6 aromatic carbocycles. The zero-order valence-electron chi connectivity index (χ0n) is 75.1. The molecule has 0 radical (unpaired) electrons. The number of hydrogen-bond donors (Lipinski definition) is 8. The van der Waals surface area contributed by atoms with Crippen LogP contribution in [0.25, 0.3) is 16.7 Å². The molecule has 2 fully saturated rings. The molecule has 0 unspecified atom stereocenters. The minimum Gasteiger partial charge on any atom is -0.489 e. The Labute approximate surface area is 754 Å². The van der Waals surface area contributed by atoms with Crippen LogP contribution in [-0.4, -0.2) is 137 Å². The normalized spacial score (nSPS) is 18.7. The molecule has 9 aromatic rings. The molecule has 0 amide bonds. The van der Waals surface area contributed by atoms with E-state index in [4.69, 9.17) is 49.0 Å². The molecule has 3 aliphatic heterocycles. The summed E-state index contributed by atoms with van der Waals surface area (Å²) < 4.78 is 96.6. The first-order valence-corrected chi connectivity index (χ1v) is 48.9. The second-order valence-corrected chi connectivity index (χ2v) is 43.6. The van der Waals surface area contributed by atoms with Gasteiger partial charge in [-0.15, -0.1) is 0 Å². The molecule has 8 N–H and O–H groups in total.